The zero-order valence-corrected chi connectivity index (χ0v) is 18.1. The van der Waals surface area contributed by atoms with Crippen LogP contribution in [0.15, 0.2) is 41.1 Å². The fourth-order valence-electron chi connectivity index (χ4n) is 4.20. The number of alkyl carbamates (subject to hydrolysis) is 1. The number of H-pyrrole nitrogens is 1. The van der Waals surface area contributed by atoms with Gasteiger partial charge < -0.3 is 24.4 Å². The fourth-order valence-corrected chi connectivity index (χ4v) is 4.20. The highest BCUT2D eigenvalue weighted by molar-refractivity contribution is 5.86. The number of nitrogens with one attached hydrogen (secondary N) is 2. The summed E-state index contributed by atoms with van der Waals surface area (Å²) in [6.45, 7) is 4.69. The van der Waals surface area contributed by atoms with Crippen molar-refractivity contribution in [1.29, 1.82) is 0 Å². The summed E-state index contributed by atoms with van der Waals surface area (Å²) in [4.78, 5) is 34.9. The van der Waals surface area contributed by atoms with Crippen LogP contribution >= 0.6 is 0 Å². The Labute approximate surface area is 181 Å². The van der Waals surface area contributed by atoms with Gasteiger partial charge in [-0.2, -0.15) is 0 Å². The predicted octanol–water partition coefficient (Wildman–Crippen LogP) is 4.26. The van der Waals surface area contributed by atoms with E-state index < -0.39 is 12.1 Å². The van der Waals surface area contributed by atoms with Gasteiger partial charge in [-0.3, -0.25) is 4.79 Å². The molecule has 0 saturated carbocycles. The summed E-state index contributed by atoms with van der Waals surface area (Å²) in [6.07, 6.45) is 5.14. The molecular weight excluding hydrogens is 396 g/mol. The Kier molecular flexibility index (Phi) is 5.97. The fraction of sp³-hybridized carbons (Fsp3) is 0.435. The van der Waals surface area contributed by atoms with Gasteiger partial charge in [0.15, 0.2) is 0 Å². The molecule has 1 saturated heterocycles. The van der Waals surface area contributed by atoms with Crippen LogP contribution in [0.2, 0.25) is 0 Å². The molecule has 3 aromatic rings. The lowest BCUT2D eigenvalue weighted by Crippen LogP contribution is -2.49. The van der Waals surface area contributed by atoms with Gasteiger partial charge in [0.1, 0.15) is 17.4 Å². The Morgan fingerprint density at radius 1 is 1.35 bits per heavy atom. The van der Waals surface area contributed by atoms with Crippen LogP contribution in [-0.4, -0.2) is 46.6 Å². The van der Waals surface area contributed by atoms with Crippen molar-refractivity contribution >= 4 is 23.0 Å². The second kappa shape index (κ2) is 8.83. The first-order valence-electron chi connectivity index (χ1n) is 10.6. The van der Waals surface area contributed by atoms with Gasteiger partial charge in [0.05, 0.1) is 31.3 Å². The van der Waals surface area contributed by atoms with Crippen molar-refractivity contribution in [2.75, 3.05) is 13.7 Å². The molecule has 0 unspecified atom stereocenters. The van der Waals surface area contributed by atoms with Crippen LogP contribution in [0.25, 0.3) is 22.2 Å². The average Bonchev–Trinajstić information content (AvgIpc) is 3.51. The van der Waals surface area contributed by atoms with Crippen molar-refractivity contribution in [2.45, 2.75) is 45.2 Å². The summed E-state index contributed by atoms with van der Waals surface area (Å²) in [5.41, 5.74) is 2.74. The molecule has 0 spiro atoms. The number of aromatic nitrogens is 2. The predicted molar refractivity (Wildman–Crippen MR) is 116 cm³/mol. The number of amides is 2. The number of hydrogen-bond donors (Lipinski definition) is 2. The number of methoxy groups -OCH3 is 1. The minimum atomic E-state index is -0.619. The summed E-state index contributed by atoms with van der Waals surface area (Å²) in [6, 6.07) is 7.13. The molecule has 31 heavy (non-hydrogen) atoms. The normalized spacial score (nSPS) is 17.3. The molecule has 8 nitrogen and oxygen atoms in total. The number of furan rings is 1. The van der Waals surface area contributed by atoms with E-state index in [0.717, 1.165) is 40.9 Å². The smallest absolute Gasteiger partial charge is 0.407 e. The highest BCUT2D eigenvalue weighted by Gasteiger charge is 2.36. The number of imidazole rings is 1. The van der Waals surface area contributed by atoms with Crippen LogP contribution in [0.5, 0.6) is 0 Å². The van der Waals surface area contributed by atoms with Gasteiger partial charge in [0.2, 0.25) is 5.91 Å². The zero-order chi connectivity index (χ0) is 22.0. The van der Waals surface area contributed by atoms with Gasteiger partial charge in [-0.15, -0.1) is 0 Å². The van der Waals surface area contributed by atoms with Crippen molar-refractivity contribution < 1.29 is 18.7 Å². The SMILES string of the molecule is COC(=O)N[C@@H](CC(C)C)C(=O)N1CCC[C@H]1c1ncc(-c2ccc3occc3c2)[nH]1. The van der Waals surface area contributed by atoms with Crippen LogP contribution in [0, 0.1) is 5.92 Å². The maximum absolute atomic E-state index is 13.3. The monoisotopic (exact) mass is 424 g/mol. The number of aromatic amines is 1. The van der Waals surface area contributed by atoms with E-state index >= 15 is 0 Å². The van der Waals surface area contributed by atoms with E-state index in [0.29, 0.717) is 13.0 Å². The number of likely N-dealkylation sites (tertiary alicyclic amines) is 1. The lowest BCUT2D eigenvalue weighted by molar-refractivity contribution is -0.134. The topological polar surface area (TPSA) is 100 Å². The van der Waals surface area contributed by atoms with Crippen molar-refractivity contribution in [2.24, 2.45) is 5.92 Å². The molecule has 1 aliphatic rings. The third kappa shape index (κ3) is 4.42. The Balaban J connectivity index is 1.55. The molecule has 1 aromatic carbocycles. The molecule has 1 fully saturated rings. The van der Waals surface area contributed by atoms with Gasteiger partial charge in [-0.25, -0.2) is 9.78 Å². The number of benzene rings is 1. The third-order valence-corrected chi connectivity index (χ3v) is 5.69. The molecule has 2 atom stereocenters. The Morgan fingerprint density at radius 3 is 2.97 bits per heavy atom. The van der Waals surface area contributed by atoms with E-state index in [1.807, 2.05) is 43.0 Å². The van der Waals surface area contributed by atoms with Gasteiger partial charge in [0.25, 0.3) is 0 Å². The number of hydrogen-bond acceptors (Lipinski definition) is 5. The molecule has 4 rings (SSSR count). The number of carbonyl (C=O) groups excluding carboxylic acids is 2. The third-order valence-electron chi connectivity index (χ3n) is 5.69. The Bertz CT molecular complexity index is 1070. The van der Waals surface area contributed by atoms with Crippen LogP contribution in [0.4, 0.5) is 4.79 Å². The number of carbonyl (C=O) groups is 2. The van der Waals surface area contributed by atoms with E-state index in [9.17, 15) is 9.59 Å². The average molecular weight is 425 g/mol. The summed E-state index contributed by atoms with van der Waals surface area (Å²) < 4.78 is 10.1. The van der Waals surface area contributed by atoms with Gasteiger partial charge in [-0.05, 0) is 49.4 Å². The standard InChI is InChI=1S/C23H28N4O4/c1-14(2)11-17(26-23(29)30-3)22(28)27-9-4-5-19(27)21-24-13-18(25-21)15-6-7-20-16(12-15)8-10-31-20/h6-8,10,12-14,17,19H,4-5,9,11H2,1-3H3,(H,24,25)(H,26,29)/t17-,19-/m0/s1. The van der Waals surface area contributed by atoms with Gasteiger partial charge in [0, 0.05) is 17.5 Å². The van der Waals surface area contributed by atoms with E-state index in [4.69, 9.17) is 9.15 Å². The van der Waals surface area contributed by atoms with Gasteiger partial charge >= 0.3 is 6.09 Å². The second-order valence-corrected chi connectivity index (χ2v) is 8.36. The Hall–Kier alpha value is -3.29. The van der Waals surface area contributed by atoms with Crippen LogP contribution in [0.3, 0.4) is 0 Å². The molecular formula is C23H28N4O4. The van der Waals surface area contributed by atoms with Crippen molar-refractivity contribution in [3.8, 4) is 11.3 Å². The van der Waals surface area contributed by atoms with Gasteiger partial charge in [-0.1, -0.05) is 13.8 Å². The highest BCUT2D eigenvalue weighted by Crippen LogP contribution is 2.33. The minimum absolute atomic E-state index is 0.0978. The quantitative estimate of drug-likeness (QED) is 0.616. The Morgan fingerprint density at radius 2 is 2.19 bits per heavy atom. The first-order chi connectivity index (χ1) is 15.0. The maximum atomic E-state index is 13.3. The summed E-state index contributed by atoms with van der Waals surface area (Å²) >= 11 is 0. The van der Waals surface area contributed by atoms with E-state index in [2.05, 4.69) is 15.3 Å². The molecule has 8 heteroatoms. The minimum Gasteiger partial charge on any atom is -0.464 e. The molecule has 164 valence electrons. The first-order valence-corrected chi connectivity index (χ1v) is 10.6. The summed E-state index contributed by atoms with van der Waals surface area (Å²) in [7, 11) is 1.30. The van der Waals surface area contributed by atoms with Crippen LogP contribution in [0.1, 0.15) is 45.0 Å². The van der Waals surface area contributed by atoms with Crippen LogP contribution in [-0.2, 0) is 9.53 Å². The summed E-state index contributed by atoms with van der Waals surface area (Å²) in [5, 5.41) is 3.73. The molecule has 1 aliphatic heterocycles. The zero-order valence-electron chi connectivity index (χ0n) is 18.1. The van der Waals surface area contributed by atoms with E-state index in [-0.39, 0.29) is 17.9 Å². The van der Waals surface area contributed by atoms with Crippen molar-refractivity contribution in [3.63, 3.8) is 0 Å². The lowest BCUT2D eigenvalue weighted by Gasteiger charge is -2.29. The second-order valence-electron chi connectivity index (χ2n) is 8.36. The van der Waals surface area contributed by atoms with E-state index in [1.165, 1.54) is 7.11 Å². The molecule has 2 amide bonds. The first kappa shape index (κ1) is 21.0. The number of nitrogens with zero attached hydrogens (tertiary/aromatic N) is 2. The molecule has 0 radical (unpaired) electrons. The lowest BCUT2D eigenvalue weighted by atomic mass is 10.0. The molecule has 2 aromatic heterocycles. The van der Waals surface area contributed by atoms with Crippen molar-refractivity contribution in [3.05, 3.63) is 42.5 Å². The number of rotatable bonds is 6. The summed E-state index contributed by atoms with van der Waals surface area (Å²) in [5.74, 6) is 0.911. The molecule has 3 heterocycles. The maximum Gasteiger partial charge on any atom is 0.407 e. The number of ether oxygens (including phenoxy) is 1. The van der Waals surface area contributed by atoms with E-state index in [1.54, 1.807) is 12.5 Å². The van der Waals surface area contributed by atoms with Crippen molar-refractivity contribution in [1.82, 2.24) is 20.2 Å². The number of fused-ring (bicyclic) bond motifs is 1. The largest absolute Gasteiger partial charge is 0.464 e. The molecule has 0 aliphatic carbocycles. The molecule has 2 N–H and O–H groups in total. The van der Waals surface area contributed by atoms with Crippen LogP contribution < -0.4 is 5.32 Å². The highest BCUT2D eigenvalue weighted by atomic mass is 16.5. The molecule has 0 bridgehead atoms.